The molecule has 4 N–H and O–H groups in total. The predicted molar refractivity (Wildman–Crippen MR) is 102 cm³/mol. The molecule has 0 bridgehead atoms. The average molecular weight is 352 g/mol. The highest BCUT2D eigenvalue weighted by Crippen LogP contribution is 2.21. The fourth-order valence-electron chi connectivity index (χ4n) is 3.71. The summed E-state index contributed by atoms with van der Waals surface area (Å²) in [6.45, 7) is 2.56. The van der Waals surface area contributed by atoms with Gasteiger partial charge < -0.3 is 16.4 Å². The van der Waals surface area contributed by atoms with Gasteiger partial charge in [-0.2, -0.15) is 0 Å². The van der Waals surface area contributed by atoms with Gasteiger partial charge >= 0.3 is 0 Å². The van der Waals surface area contributed by atoms with Crippen LogP contribution in [0.5, 0.6) is 0 Å². The SMILES string of the molecule is NCc1ccccc1Cn1c(N2CCCC(N)C2)cn2ccnc2c1=O. The number of benzene rings is 1. The van der Waals surface area contributed by atoms with Gasteiger partial charge in [0.2, 0.25) is 5.65 Å². The van der Waals surface area contributed by atoms with E-state index in [4.69, 9.17) is 11.5 Å². The maximum atomic E-state index is 13.1. The van der Waals surface area contributed by atoms with E-state index < -0.39 is 0 Å². The largest absolute Gasteiger partial charge is 0.355 e. The molecule has 1 aliphatic heterocycles. The fraction of sp³-hybridized carbons (Fsp3) is 0.368. The van der Waals surface area contributed by atoms with Gasteiger partial charge in [-0.3, -0.25) is 13.8 Å². The fourth-order valence-corrected chi connectivity index (χ4v) is 3.71. The first kappa shape index (κ1) is 16.8. The number of aromatic nitrogens is 3. The van der Waals surface area contributed by atoms with Crippen LogP contribution in [0.25, 0.3) is 5.65 Å². The molecule has 3 aromatic rings. The third-order valence-electron chi connectivity index (χ3n) is 5.08. The molecule has 136 valence electrons. The molecule has 1 fully saturated rings. The van der Waals surface area contributed by atoms with Gasteiger partial charge in [0, 0.05) is 38.1 Å². The Hall–Kier alpha value is -2.64. The van der Waals surface area contributed by atoms with Crippen LogP contribution in [0.3, 0.4) is 0 Å². The van der Waals surface area contributed by atoms with Crippen molar-refractivity contribution in [2.75, 3.05) is 18.0 Å². The number of hydrogen-bond acceptors (Lipinski definition) is 5. The summed E-state index contributed by atoms with van der Waals surface area (Å²) in [6, 6.07) is 8.10. The lowest BCUT2D eigenvalue weighted by atomic mass is 10.1. The number of anilines is 1. The summed E-state index contributed by atoms with van der Waals surface area (Å²) in [4.78, 5) is 19.6. The number of nitrogens with zero attached hydrogens (tertiary/aromatic N) is 4. The second-order valence-electron chi connectivity index (χ2n) is 6.86. The minimum absolute atomic E-state index is 0.0986. The van der Waals surface area contributed by atoms with Crippen LogP contribution in [-0.2, 0) is 13.1 Å². The molecular weight excluding hydrogens is 328 g/mol. The summed E-state index contributed by atoms with van der Waals surface area (Å²) >= 11 is 0. The van der Waals surface area contributed by atoms with E-state index in [1.807, 2.05) is 36.7 Å². The molecule has 0 aliphatic carbocycles. The van der Waals surface area contributed by atoms with Crippen molar-refractivity contribution in [1.82, 2.24) is 14.0 Å². The molecule has 1 saturated heterocycles. The van der Waals surface area contributed by atoms with Gasteiger partial charge in [0.05, 0.1) is 12.7 Å². The monoisotopic (exact) mass is 352 g/mol. The average Bonchev–Trinajstić information content (AvgIpc) is 3.13. The summed E-state index contributed by atoms with van der Waals surface area (Å²) in [5.41, 5.74) is 14.5. The van der Waals surface area contributed by atoms with Crippen LogP contribution in [0.4, 0.5) is 5.82 Å². The minimum atomic E-state index is -0.0986. The van der Waals surface area contributed by atoms with Crippen LogP contribution in [0.1, 0.15) is 24.0 Å². The Morgan fingerprint density at radius 3 is 2.81 bits per heavy atom. The second kappa shape index (κ2) is 6.93. The molecule has 1 aliphatic rings. The summed E-state index contributed by atoms with van der Waals surface area (Å²) in [5, 5.41) is 0. The molecule has 4 rings (SSSR count). The van der Waals surface area contributed by atoms with Crippen molar-refractivity contribution in [3.05, 3.63) is 64.3 Å². The van der Waals surface area contributed by atoms with Crippen LogP contribution < -0.4 is 21.9 Å². The second-order valence-corrected chi connectivity index (χ2v) is 6.86. The Bertz CT molecular complexity index is 976. The van der Waals surface area contributed by atoms with Crippen molar-refractivity contribution in [3.63, 3.8) is 0 Å². The Morgan fingerprint density at radius 1 is 1.23 bits per heavy atom. The van der Waals surface area contributed by atoms with Crippen LogP contribution in [0, 0.1) is 0 Å². The van der Waals surface area contributed by atoms with Crippen molar-refractivity contribution in [3.8, 4) is 0 Å². The van der Waals surface area contributed by atoms with Gasteiger partial charge in [-0.25, -0.2) is 4.98 Å². The minimum Gasteiger partial charge on any atom is -0.355 e. The third kappa shape index (κ3) is 3.00. The first-order valence-electron chi connectivity index (χ1n) is 9.01. The Morgan fingerprint density at radius 2 is 2.04 bits per heavy atom. The number of imidazole rings is 1. The topological polar surface area (TPSA) is 94.6 Å². The van der Waals surface area contributed by atoms with Crippen molar-refractivity contribution < 1.29 is 0 Å². The molecule has 0 spiro atoms. The number of rotatable bonds is 4. The maximum Gasteiger partial charge on any atom is 0.296 e. The standard InChI is InChI=1S/C19H24N6O/c20-10-14-4-1-2-5-15(14)11-25-17(23-8-3-6-16(21)12-23)13-24-9-7-22-18(24)19(25)26/h1-2,4-5,7,9,13,16H,3,6,8,10-12,20-21H2. The lowest BCUT2D eigenvalue weighted by Crippen LogP contribution is -2.45. The van der Waals surface area contributed by atoms with Crippen molar-refractivity contribution in [1.29, 1.82) is 0 Å². The van der Waals surface area contributed by atoms with E-state index >= 15 is 0 Å². The lowest BCUT2D eigenvalue weighted by molar-refractivity contribution is 0.495. The summed E-state index contributed by atoms with van der Waals surface area (Å²) in [6.07, 6.45) is 7.48. The zero-order valence-electron chi connectivity index (χ0n) is 14.7. The van der Waals surface area contributed by atoms with Gasteiger partial charge in [0.1, 0.15) is 5.82 Å². The molecule has 0 amide bonds. The molecule has 1 aromatic carbocycles. The number of nitrogens with two attached hydrogens (primary N) is 2. The Kier molecular flexibility index (Phi) is 4.48. The highest BCUT2D eigenvalue weighted by molar-refractivity contribution is 5.47. The molecule has 1 atom stereocenters. The molecule has 7 heteroatoms. The van der Waals surface area contributed by atoms with Crippen molar-refractivity contribution in [2.24, 2.45) is 11.5 Å². The van der Waals surface area contributed by atoms with Crippen LogP contribution in [-0.4, -0.2) is 33.1 Å². The zero-order valence-corrected chi connectivity index (χ0v) is 14.7. The van der Waals surface area contributed by atoms with E-state index in [0.717, 1.165) is 42.9 Å². The van der Waals surface area contributed by atoms with Crippen LogP contribution in [0.2, 0.25) is 0 Å². The summed E-state index contributed by atoms with van der Waals surface area (Å²) in [7, 11) is 0. The van der Waals surface area contributed by atoms with E-state index in [-0.39, 0.29) is 11.6 Å². The molecule has 1 unspecified atom stereocenters. The summed E-state index contributed by atoms with van der Waals surface area (Å²) in [5.74, 6) is 0.877. The van der Waals surface area contributed by atoms with E-state index in [0.29, 0.717) is 18.7 Å². The zero-order chi connectivity index (χ0) is 18.1. The Labute approximate surface area is 151 Å². The Balaban J connectivity index is 1.84. The quantitative estimate of drug-likeness (QED) is 0.728. The summed E-state index contributed by atoms with van der Waals surface area (Å²) < 4.78 is 3.60. The highest BCUT2D eigenvalue weighted by atomic mass is 16.1. The molecule has 7 nitrogen and oxygen atoms in total. The molecule has 26 heavy (non-hydrogen) atoms. The molecular formula is C19H24N6O. The van der Waals surface area contributed by atoms with E-state index in [1.54, 1.807) is 15.2 Å². The molecule has 0 radical (unpaired) electrons. The van der Waals surface area contributed by atoms with Crippen LogP contribution in [0.15, 0.2) is 47.7 Å². The maximum absolute atomic E-state index is 13.1. The van der Waals surface area contributed by atoms with Gasteiger partial charge in [-0.1, -0.05) is 24.3 Å². The molecule has 3 heterocycles. The first-order valence-corrected chi connectivity index (χ1v) is 9.01. The van der Waals surface area contributed by atoms with Crippen molar-refractivity contribution in [2.45, 2.75) is 32.0 Å². The van der Waals surface area contributed by atoms with Gasteiger partial charge in [0.25, 0.3) is 5.56 Å². The first-order chi connectivity index (χ1) is 12.7. The predicted octanol–water partition coefficient (Wildman–Crippen LogP) is 0.930. The van der Waals surface area contributed by atoms with Gasteiger partial charge in [0.15, 0.2) is 0 Å². The highest BCUT2D eigenvalue weighted by Gasteiger charge is 2.22. The van der Waals surface area contributed by atoms with E-state index in [1.165, 1.54) is 0 Å². The number of hydrogen-bond donors (Lipinski definition) is 2. The van der Waals surface area contributed by atoms with E-state index in [2.05, 4.69) is 9.88 Å². The molecule has 2 aromatic heterocycles. The van der Waals surface area contributed by atoms with E-state index in [9.17, 15) is 4.79 Å². The number of piperidine rings is 1. The molecule has 0 saturated carbocycles. The van der Waals surface area contributed by atoms with Gasteiger partial charge in [-0.05, 0) is 24.0 Å². The lowest BCUT2D eigenvalue weighted by Gasteiger charge is -2.34. The number of fused-ring (bicyclic) bond motifs is 1. The van der Waals surface area contributed by atoms with Gasteiger partial charge in [-0.15, -0.1) is 0 Å². The third-order valence-corrected chi connectivity index (χ3v) is 5.08. The van der Waals surface area contributed by atoms with Crippen LogP contribution >= 0.6 is 0 Å². The van der Waals surface area contributed by atoms with Crippen molar-refractivity contribution >= 4 is 11.5 Å². The smallest absolute Gasteiger partial charge is 0.296 e. The normalized spacial score (nSPS) is 17.8.